The normalized spacial score (nSPS) is 19.7. The zero-order valence-corrected chi connectivity index (χ0v) is 11.6. The highest BCUT2D eigenvalue weighted by Gasteiger charge is 2.24. The maximum absolute atomic E-state index is 9.26. The van der Waals surface area contributed by atoms with Crippen molar-refractivity contribution in [2.45, 2.75) is 32.4 Å². The van der Waals surface area contributed by atoms with E-state index in [1.165, 1.54) is 5.56 Å². The summed E-state index contributed by atoms with van der Waals surface area (Å²) < 4.78 is 5.83. The van der Waals surface area contributed by atoms with Crippen molar-refractivity contribution in [3.05, 3.63) is 28.8 Å². The van der Waals surface area contributed by atoms with Crippen molar-refractivity contribution in [2.24, 2.45) is 5.92 Å². The number of rotatable bonds is 5. The second-order valence-electron chi connectivity index (χ2n) is 5.14. The predicted octanol–water partition coefficient (Wildman–Crippen LogP) is 2.25. The molecule has 2 rings (SSSR count). The average Bonchev–Trinajstić information content (AvgIpc) is 2.71. The van der Waals surface area contributed by atoms with E-state index in [-0.39, 0.29) is 18.8 Å². The first-order chi connectivity index (χ1) is 8.60. The van der Waals surface area contributed by atoms with E-state index < -0.39 is 0 Å². The molecule has 0 aromatic heterocycles. The molecule has 18 heavy (non-hydrogen) atoms. The van der Waals surface area contributed by atoms with E-state index in [0.717, 1.165) is 23.7 Å². The van der Waals surface area contributed by atoms with Gasteiger partial charge >= 0.3 is 0 Å². The molecule has 0 aliphatic carbocycles. The van der Waals surface area contributed by atoms with Crippen molar-refractivity contribution in [3.63, 3.8) is 0 Å². The van der Waals surface area contributed by atoms with Gasteiger partial charge in [-0.25, -0.2) is 0 Å². The zero-order valence-electron chi connectivity index (χ0n) is 10.8. The van der Waals surface area contributed by atoms with Crippen LogP contribution in [0, 0.1) is 5.92 Å². The topological polar surface area (TPSA) is 41.5 Å². The SMILES string of the molecule is CC(C)C(CO)NCC1Cc2cc(Cl)ccc2O1. The molecule has 1 aromatic carbocycles. The largest absolute Gasteiger partial charge is 0.488 e. The van der Waals surface area contributed by atoms with Crippen LogP contribution in [0.5, 0.6) is 5.75 Å². The van der Waals surface area contributed by atoms with E-state index >= 15 is 0 Å². The molecule has 1 heterocycles. The van der Waals surface area contributed by atoms with Gasteiger partial charge in [-0.2, -0.15) is 0 Å². The molecule has 0 bridgehead atoms. The second kappa shape index (κ2) is 5.91. The minimum absolute atomic E-state index is 0.126. The Balaban J connectivity index is 1.88. The van der Waals surface area contributed by atoms with Gasteiger partial charge in [0, 0.05) is 24.0 Å². The van der Waals surface area contributed by atoms with Gasteiger partial charge in [0.1, 0.15) is 11.9 Å². The lowest BCUT2D eigenvalue weighted by molar-refractivity contribution is 0.178. The number of hydrogen-bond donors (Lipinski definition) is 2. The maximum Gasteiger partial charge on any atom is 0.123 e. The molecule has 4 heteroatoms. The Labute approximate surface area is 113 Å². The highest BCUT2D eigenvalue weighted by molar-refractivity contribution is 6.30. The molecule has 1 aromatic rings. The number of benzene rings is 1. The molecular weight excluding hydrogens is 250 g/mol. The monoisotopic (exact) mass is 269 g/mol. The highest BCUT2D eigenvalue weighted by Crippen LogP contribution is 2.30. The number of ether oxygens (including phenoxy) is 1. The number of aliphatic hydroxyl groups is 1. The highest BCUT2D eigenvalue weighted by atomic mass is 35.5. The third kappa shape index (κ3) is 3.16. The molecule has 1 aliphatic heterocycles. The van der Waals surface area contributed by atoms with E-state index in [1.54, 1.807) is 0 Å². The summed E-state index contributed by atoms with van der Waals surface area (Å²) in [7, 11) is 0. The van der Waals surface area contributed by atoms with E-state index in [2.05, 4.69) is 19.2 Å². The number of halogens is 1. The first-order valence-electron chi connectivity index (χ1n) is 6.39. The number of aliphatic hydroxyl groups excluding tert-OH is 1. The van der Waals surface area contributed by atoms with Gasteiger partial charge in [0.15, 0.2) is 0 Å². The molecule has 2 N–H and O–H groups in total. The molecule has 2 unspecified atom stereocenters. The van der Waals surface area contributed by atoms with Crippen molar-refractivity contribution in [1.29, 1.82) is 0 Å². The third-order valence-electron chi connectivity index (χ3n) is 3.37. The van der Waals surface area contributed by atoms with Gasteiger partial charge in [-0.05, 0) is 29.7 Å². The molecule has 1 aliphatic rings. The van der Waals surface area contributed by atoms with Crippen molar-refractivity contribution in [3.8, 4) is 5.75 Å². The lowest BCUT2D eigenvalue weighted by atomic mass is 10.0. The predicted molar refractivity (Wildman–Crippen MR) is 73.3 cm³/mol. The molecular formula is C14H20ClNO2. The van der Waals surface area contributed by atoms with Crippen LogP contribution in [0.15, 0.2) is 18.2 Å². The lowest BCUT2D eigenvalue weighted by Gasteiger charge is -2.22. The molecule has 0 radical (unpaired) electrons. The van der Waals surface area contributed by atoms with Crippen molar-refractivity contribution in [1.82, 2.24) is 5.32 Å². The summed E-state index contributed by atoms with van der Waals surface area (Å²) in [5.74, 6) is 1.34. The second-order valence-corrected chi connectivity index (χ2v) is 5.57. The number of hydrogen-bond acceptors (Lipinski definition) is 3. The maximum atomic E-state index is 9.26. The molecule has 0 amide bonds. The Kier molecular flexibility index (Phi) is 4.49. The number of fused-ring (bicyclic) bond motifs is 1. The van der Waals surface area contributed by atoms with Crippen LogP contribution in [0.4, 0.5) is 0 Å². The Hall–Kier alpha value is -0.770. The Morgan fingerprint density at radius 3 is 2.94 bits per heavy atom. The summed E-state index contributed by atoms with van der Waals surface area (Å²) >= 11 is 5.96. The van der Waals surface area contributed by atoms with Gasteiger partial charge < -0.3 is 15.2 Å². The van der Waals surface area contributed by atoms with Crippen molar-refractivity contribution in [2.75, 3.05) is 13.2 Å². The first-order valence-corrected chi connectivity index (χ1v) is 6.77. The zero-order chi connectivity index (χ0) is 13.1. The van der Waals surface area contributed by atoms with Crippen LogP contribution in [0.2, 0.25) is 5.02 Å². The molecule has 0 saturated heterocycles. The van der Waals surface area contributed by atoms with E-state index in [0.29, 0.717) is 5.92 Å². The fourth-order valence-corrected chi connectivity index (χ4v) is 2.39. The fraction of sp³-hybridized carbons (Fsp3) is 0.571. The summed E-state index contributed by atoms with van der Waals surface area (Å²) in [6.45, 7) is 5.09. The van der Waals surface area contributed by atoms with Gasteiger partial charge in [0.25, 0.3) is 0 Å². The summed E-state index contributed by atoms with van der Waals surface area (Å²) in [6, 6.07) is 5.86. The minimum atomic E-state index is 0.126. The van der Waals surface area contributed by atoms with Gasteiger partial charge in [-0.1, -0.05) is 25.4 Å². The van der Waals surface area contributed by atoms with Crippen LogP contribution < -0.4 is 10.1 Å². The van der Waals surface area contributed by atoms with E-state index in [9.17, 15) is 5.11 Å². The first kappa shape index (κ1) is 13.7. The Morgan fingerprint density at radius 2 is 2.28 bits per heavy atom. The van der Waals surface area contributed by atoms with E-state index in [1.807, 2.05) is 18.2 Å². The lowest BCUT2D eigenvalue weighted by Crippen LogP contribution is -2.42. The standard InChI is InChI=1S/C14H20ClNO2/c1-9(2)13(8-17)16-7-12-6-10-5-11(15)3-4-14(10)18-12/h3-5,9,12-13,16-17H,6-8H2,1-2H3. The van der Waals surface area contributed by atoms with Crippen LogP contribution in [0.1, 0.15) is 19.4 Å². The van der Waals surface area contributed by atoms with Crippen molar-refractivity contribution >= 4 is 11.6 Å². The fourth-order valence-electron chi connectivity index (χ4n) is 2.20. The summed E-state index contributed by atoms with van der Waals surface area (Å²) in [4.78, 5) is 0. The minimum Gasteiger partial charge on any atom is -0.488 e. The van der Waals surface area contributed by atoms with Crippen LogP contribution in [0.3, 0.4) is 0 Å². The smallest absolute Gasteiger partial charge is 0.123 e. The summed E-state index contributed by atoms with van der Waals surface area (Å²) in [5, 5.41) is 13.4. The van der Waals surface area contributed by atoms with Crippen LogP contribution >= 0.6 is 11.6 Å². The van der Waals surface area contributed by atoms with Crippen LogP contribution in [-0.4, -0.2) is 30.4 Å². The molecule has 100 valence electrons. The number of nitrogens with one attached hydrogen (secondary N) is 1. The average molecular weight is 270 g/mol. The van der Waals surface area contributed by atoms with Gasteiger partial charge in [-0.15, -0.1) is 0 Å². The van der Waals surface area contributed by atoms with Gasteiger partial charge in [-0.3, -0.25) is 0 Å². The third-order valence-corrected chi connectivity index (χ3v) is 3.61. The Morgan fingerprint density at radius 1 is 1.50 bits per heavy atom. The molecule has 2 atom stereocenters. The molecule has 0 fully saturated rings. The van der Waals surface area contributed by atoms with E-state index in [4.69, 9.17) is 16.3 Å². The van der Waals surface area contributed by atoms with Crippen LogP contribution in [-0.2, 0) is 6.42 Å². The van der Waals surface area contributed by atoms with Crippen molar-refractivity contribution < 1.29 is 9.84 Å². The molecule has 3 nitrogen and oxygen atoms in total. The Bertz CT molecular complexity index is 409. The molecule has 0 spiro atoms. The molecule has 0 saturated carbocycles. The van der Waals surface area contributed by atoms with Crippen LogP contribution in [0.25, 0.3) is 0 Å². The summed E-state index contributed by atoms with van der Waals surface area (Å²) in [6.07, 6.45) is 1.00. The van der Waals surface area contributed by atoms with Gasteiger partial charge in [0.05, 0.1) is 6.61 Å². The van der Waals surface area contributed by atoms with Gasteiger partial charge in [0.2, 0.25) is 0 Å². The summed E-state index contributed by atoms with van der Waals surface area (Å²) in [5.41, 5.74) is 1.17. The quantitative estimate of drug-likeness (QED) is 0.862.